The Morgan fingerprint density at radius 2 is 1.79 bits per heavy atom. The number of ether oxygens (including phenoxy) is 2. The summed E-state index contributed by atoms with van der Waals surface area (Å²) < 4.78 is 10.5. The van der Waals surface area contributed by atoms with Gasteiger partial charge in [-0.3, -0.25) is 9.59 Å². The molecule has 150 valence electrons. The Morgan fingerprint density at radius 1 is 1.07 bits per heavy atom. The van der Waals surface area contributed by atoms with Gasteiger partial charge in [-0.15, -0.1) is 0 Å². The minimum absolute atomic E-state index is 0.0266. The molecule has 6 nitrogen and oxygen atoms in total. The molecule has 1 N–H and O–H groups in total. The van der Waals surface area contributed by atoms with Gasteiger partial charge in [0.15, 0.2) is 11.5 Å². The smallest absolute Gasteiger partial charge is 0.244 e. The largest absolute Gasteiger partial charge is 0.493 e. The number of anilines is 1. The summed E-state index contributed by atoms with van der Waals surface area (Å²) in [4.78, 5) is 26.2. The van der Waals surface area contributed by atoms with Gasteiger partial charge in [-0.2, -0.15) is 0 Å². The topological polar surface area (TPSA) is 67.9 Å². The number of carbonyl (C=O) groups excluding carboxylic acids is 2. The summed E-state index contributed by atoms with van der Waals surface area (Å²) >= 11 is 0. The van der Waals surface area contributed by atoms with Crippen molar-refractivity contribution in [3.05, 3.63) is 53.1 Å². The van der Waals surface area contributed by atoms with Gasteiger partial charge in [-0.25, -0.2) is 0 Å². The molecule has 0 bridgehead atoms. The molecule has 0 radical (unpaired) electrons. The van der Waals surface area contributed by atoms with Crippen LogP contribution in [-0.4, -0.2) is 37.5 Å². The third-order valence-electron chi connectivity index (χ3n) is 4.61. The highest BCUT2D eigenvalue weighted by Crippen LogP contribution is 2.28. The molecular formula is C22H28N2O4. The third kappa shape index (κ3) is 5.25. The number of aryl methyl sites for hydroxylation is 2. The molecule has 2 aromatic rings. The highest BCUT2D eigenvalue weighted by atomic mass is 16.5. The van der Waals surface area contributed by atoms with Crippen molar-refractivity contribution in [2.24, 2.45) is 0 Å². The van der Waals surface area contributed by atoms with Crippen molar-refractivity contribution in [3.63, 3.8) is 0 Å². The zero-order chi connectivity index (χ0) is 20.7. The van der Waals surface area contributed by atoms with Crippen molar-refractivity contribution in [2.75, 3.05) is 26.1 Å². The van der Waals surface area contributed by atoms with Crippen LogP contribution in [0.1, 0.15) is 30.5 Å². The van der Waals surface area contributed by atoms with E-state index < -0.39 is 0 Å². The standard InChI is InChI=1S/C22H28N2O4/c1-6-18-9-7-8-15(2)22(18)23-21(26)14-24(16(3)25)13-17-10-11-19(27-4)20(12-17)28-5/h7-12H,6,13-14H2,1-5H3,(H,23,26). The van der Waals surface area contributed by atoms with Gasteiger partial charge in [0, 0.05) is 19.2 Å². The first-order chi connectivity index (χ1) is 13.4. The van der Waals surface area contributed by atoms with E-state index >= 15 is 0 Å². The van der Waals surface area contributed by atoms with E-state index in [2.05, 4.69) is 5.32 Å². The van der Waals surface area contributed by atoms with E-state index in [4.69, 9.17) is 9.47 Å². The van der Waals surface area contributed by atoms with Crippen LogP contribution in [0, 0.1) is 6.92 Å². The predicted octanol–water partition coefficient (Wildman–Crippen LogP) is 3.56. The fourth-order valence-corrected chi connectivity index (χ4v) is 3.03. The molecule has 0 aliphatic carbocycles. The molecule has 6 heteroatoms. The minimum atomic E-state index is -0.223. The Balaban J connectivity index is 2.13. The number of hydrogen-bond donors (Lipinski definition) is 1. The molecule has 0 spiro atoms. The molecule has 0 aliphatic heterocycles. The number of hydrogen-bond acceptors (Lipinski definition) is 4. The molecule has 2 aromatic carbocycles. The van der Waals surface area contributed by atoms with Crippen LogP contribution in [0.3, 0.4) is 0 Å². The summed E-state index contributed by atoms with van der Waals surface area (Å²) in [5.41, 5.74) is 3.75. The number of para-hydroxylation sites is 1. The normalized spacial score (nSPS) is 10.3. The number of nitrogens with one attached hydrogen (secondary N) is 1. The van der Waals surface area contributed by atoms with Crippen LogP contribution in [0.25, 0.3) is 0 Å². The fourth-order valence-electron chi connectivity index (χ4n) is 3.03. The summed E-state index contributed by atoms with van der Waals surface area (Å²) in [5.74, 6) is 0.801. The molecule has 2 amide bonds. The average molecular weight is 384 g/mol. The minimum Gasteiger partial charge on any atom is -0.493 e. The van der Waals surface area contributed by atoms with E-state index in [9.17, 15) is 9.59 Å². The first kappa shape index (κ1) is 21.3. The quantitative estimate of drug-likeness (QED) is 0.756. The van der Waals surface area contributed by atoms with E-state index in [-0.39, 0.29) is 18.4 Å². The molecule has 0 heterocycles. The molecule has 0 fully saturated rings. The van der Waals surface area contributed by atoms with Gasteiger partial charge >= 0.3 is 0 Å². The maximum Gasteiger partial charge on any atom is 0.244 e. The maximum absolute atomic E-state index is 12.6. The van der Waals surface area contributed by atoms with Crippen molar-refractivity contribution in [1.29, 1.82) is 0 Å². The van der Waals surface area contributed by atoms with Gasteiger partial charge in [0.25, 0.3) is 0 Å². The lowest BCUT2D eigenvalue weighted by Gasteiger charge is -2.22. The first-order valence-electron chi connectivity index (χ1n) is 9.24. The van der Waals surface area contributed by atoms with E-state index in [1.165, 1.54) is 11.8 Å². The van der Waals surface area contributed by atoms with E-state index in [0.717, 1.165) is 28.8 Å². The Labute approximate surface area is 166 Å². The summed E-state index contributed by atoms with van der Waals surface area (Å²) in [7, 11) is 3.13. The third-order valence-corrected chi connectivity index (χ3v) is 4.61. The van der Waals surface area contributed by atoms with Gasteiger partial charge in [0.1, 0.15) is 6.54 Å². The van der Waals surface area contributed by atoms with Crippen molar-refractivity contribution >= 4 is 17.5 Å². The zero-order valence-corrected chi connectivity index (χ0v) is 17.2. The Bertz CT molecular complexity index is 848. The van der Waals surface area contributed by atoms with Crippen LogP contribution in [-0.2, 0) is 22.6 Å². The van der Waals surface area contributed by atoms with Crippen LogP contribution in [0.15, 0.2) is 36.4 Å². The van der Waals surface area contributed by atoms with Crippen molar-refractivity contribution in [2.45, 2.75) is 33.7 Å². The SMILES string of the molecule is CCc1cccc(C)c1NC(=O)CN(Cc1ccc(OC)c(OC)c1)C(C)=O. The number of methoxy groups -OCH3 is 2. The maximum atomic E-state index is 12.6. The lowest BCUT2D eigenvalue weighted by Crippen LogP contribution is -2.36. The van der Waals surface area contributed by atoms with E-state index in [0.29, 0.717) is 18.0 Å². The van der Waals surface area contributed by atoms with E-state index in [1.54, 1.807) is 20.3 Å². The number of benzene rings is 2. The van der Waals surface area contributed by atoms with Gasteiger partial charge in [-0.1, -0.05) is 31.2 Å². The van der Waals surface area contributed by atoms with Gasteiger partial charge < -0.3 is 19.7 Å². The Kier molecular flexibility index (Phi) is 7.44. The van der Waals surface area contributed by atoms with Crippen molar-refractivity contribution in [1.82, 2.24) is 4.90 Å². The Morgan fingerprint density at radius 3 is 2.39 bits per heavy atom. The second-order valence-corrected chi connectivity index (χ2v) is 6.58. The average Bonchev–Trinajstić information content (AvgIpc) is 2.68. The highest BCUT2D eigenvalue weighted by Gasteiger charge is 2.17. The number of rotatable bonds is 8. The van der Waals surface area contributed by atoms with Crippen LogP contribution in [0.2, 0.25) is 0 Å². The summed E-state index contributed by atoms with van der Waals surface area (Å²) in [6.45, 7) is 5.74. The number of nitrogens with zero attached hydrogens (tertiary/aromatic N) is 1. The molecular weight excluding hydrogens is 356 g/mol. The van der Waals surface area contributed by atoms with Gasteiger partial charge in [-0.05, 0) is 42.2 Å². The van der Waals surface area contributed by atoms with Crippen LogP contribution in [0.5, 0.6) is 11.5 Å². The lowest BCUT2D eigenvalue weighted by molar-refractivity contribution is -0.133. The number of amides is 2. The van der Waals surface area contributed by atoms with Gasteiger partial charge in [0.2, 0.25) is 11.8 Å². The van der Waals surface area contributed by atoms with Crippen molar-refractivity contribution < 1.29 is 19.1 Å². The second-order valence-electron chi connectivity index (χ2n) is 6.58. The summed E-state index contributed by atoms with van der Waals surface area (Å²) in [6.07, 6.45) is 0.819. The first-order valence-corrected chi connectivity index (χ1v) is 9.24. The molecule has 2 rings (SSSR count). The van der Waals surface area contributed by atoms with Crippen LogP contribution >= 0.6 is 0 Å². The molecule has 0 saturated heterocycles. The highest BCUT2D eigenvalue weighted by molar-refractivity contribution is 5.95. The second kappa shape index (κ2) is 9.78. The van der Waals surface area contributed by atoms with E-state index in [1.807, 2.05) is 44.2 Å². The number of carbonyl (C=O) groups is 2. The zero-order valence-electron chi connectivity index (χ0n) is 17.2. The molecule has 0 saturated carbocycles. The van der Waals surface area contributed by atoms with Crippen molar-refractivity contribution in [3.8, 4) is 11.5 Å². The van der Waals surface area contributed by atoms with Crippen LogP contribution in [0.4, 0.5) is 5.69 Å². The molecule has 0 aromatic heterocycles. The Hall–Kier alpha value is -3.02. The van der Waals surface area contributed by atoms with Gasteiger partial charge in [0.05, 0.1) is 14.2 Å². The fraction of sp³-hybridized carbons (Fsp3) is 0.364. The predicted molar refractivity (Wildman–Crippen MR) is 110 cm³/mol. The molecule has 0 aliphatic rings. The molecule has 28 heavy (non-hydrogen) atoms. The molecule has 0 atom stereocenters. The summed E-state index contributed by atoms with van der Waals surface area (Å²) in [6, 6.07) is 11.4. The monoisotopic (exact) mass is 384 g/mol. The van der Waals surface area contributed by atoms with Crippen LogP contribution < -0.4 is 14.8 Å². The molecule has 0 unspecified atom stereocenters. The lowest BCUT2D eigenvalue weighted by atomic mass is 10.1. The summed E-state index contributed by atoms with van der Waals surface area (Å²) in [5, 5.41) is 2.96.